The van der Waals surface area contributed by atoms with Crippen molar-refractivity contribution in [1.29, 1.82) is 0 Å². The van der Waals surface area contributed by atoms with Gasteiger partial charge in [0.05, 0.1) is 12.5 Å². The summed E-state index contributed by atoms with van der Waals surface area (Å²) >= 11 is 1.53. The van der Waals surface area contributed by atoms with E-state index in [1.807, 2.05) is 6.07 Å². The molecular formula is C16H17N3O4S. The van der Waals surface area contributed by atoms with Crippen LogP contribution in [0.25, 0.3) is 0 Å². The number of carbonyl (C=O) groups is 2. The van der Waals surface area contributed by atoms with E-state index in [-0.39, 0.29) is 24.2 Å². The van der Waals surface area contributed by atoms with Crippen LogP contribution in [0.15, 0.2) is 23.2 Å². The topological polar surface area (TPSA) is 80.2 Å². The summed E-state index contributed by atoms with van der Waals surface area (Å²) in [6.07, 6.45) is 0.207. The second-order valence-electron chi connectivity index (χ2n) is 5.76. The van der Waals surface area contributed by atoms with Gasteiger partial charge in [-0.05, 0) is 12.1 Å². The number of benzene rings is 1. The molecule has 7 nitrogen and oxygen atoms in total. The summed E-state index contributed by atoms with van der Waals surface area (Å²) in [5, 5.41) is 3.47. The summed E-state index contributed by atoms with van der Waals surface area (Å²) in [6, 6.07) is 5.42. The average molecular weight is 347 g/mol. The molecular weight excluding hydrogens is 330 g/mol. The molecule has 3 aliphatic heterocycles. The quantitative estimate of drug-likeness (QED) is 0.864. The number of thioether (sulfide) groups is 1. The number of carbonyl (C=O) groups excluding carboxylic acids is 2. The molecule has 0 saturated carbocycles. The Morgan fingerprint density at radius 3 is 2.92 bits per heavy atom. The van der Waals surface area contributed by atoms with E-state index in [4.69, 9.17) is 9.47 Å². The number of fused-ring (bicyclic) bond motifs is 1. The first-order valence-corrected chi connectivity index (χ1v) is 8.87. The summed E-state index contributed by atoms with van der Waals surface area (Å²) in [4.78, 5) is 30.5. The minimum atomic E-state index is -0.366. The molecule has 0 bridgehead atoms. The van der Waals surface area contributed by atoms with E-state index >= 15 is 0 Å². The van der Waals surface area contributed by atoms with Gasteiger partial charge in [0, 0.05) is 30.5 Å². The largest absolute Gasteiger partial charge is 0.486 e. The molecule has 0 aliphatic carbocycles. The molecule has 1 atom stereocenters. The lowest BCUT2D eigenvalue weighted by atomic mass is 10.1. The number of hydrogen-bond donors (Lipinski definition) is 1. The van der Waals surface area contributed by atoms with Crippen LogP contribution in [0.5, 0.6) is 11.5 Å². The molecule has 0 radical (unpaired) electrons. The number of amides is 2. The van der Waals surface area contributed by atoms with Crippen LogP contribution in [-0.4, -0.2) is 49.0 Å². The average Bonchev–Trinajstić information content (AvgIpc) is 3.24. The standard InChI is InChI=1S/C16H17N3O4S/c20-14-7-10(15(21)18-16-17-3-6-24-16)9-19(14)11-1-2-12-13(8-11)23-5-4-22-12/h1-2,8,10H,3-7,9H2,(H,17,18,21)/t10-/m1/s1. The van der Waals surface area contributed by atoms with Crippen LogP contribution >= 0.6 is 11.8 Å². The highest BCUT2D eigenvalue weighted by Gasteiger charge is 2.36. The van der Waals surface area contributed by atoms with Crippen LogP contribution < -0.4 is 19.7 Å². The zero-order valence-electron chi connectivity index (χ0n) is 13.0. The van der Waals surface area contributed by atoms with E-state index in [2.05, 4.69) is 10.3 Å². The minimum Gasteiger partial charge on any atom is -0.486 e. The van der Waals surface area contributed by atoms with Crippen molar-refractivity contribution in [3.05, 3.63) is 18.2 Å². The van der Waals surface area contributed by atoms with Gasteiger partial charge in [-0.2, -0.15) is 0 Å². The van der Waals surface area contributed by atoms with Crippen molar-refractivity contribution in [2.45, 2.75) is 6.42 Å². The highest BCUT2D eigenvalue weighted by Crippen LogP contribution is 2.36. The summed E-state index contributed by atoms with van der Waals surface area (Å²) in [5.41, 5.74) is 0.729. The zero-order valence-corrected chi connectivity index (χ0v) is 13.8. The maximum atomic E-state index is 12.3. The normalized spacial score (nSPS) is 22.5. The van der Waals surface area contributed by atoms with Gasteiger partial charge >= 0.3 is 0 Å². The Morgan fingerprint density at radius 2 is 2.12 bits per heavy atom. The van der Waals surface area contributed by atoms with E-state index < -0.39 is 0 Å². The molecule has 126 valence electrons. The Balaban J connectivity index is 1.46. The maximum Gasteiger partial charge on any atom is 0.231 e. The lowest BCUT2D eigenvalue weighted by Crippen LogP contribution is -2.35. The van der Waals surface area contributed by atoms with Crippen molar-refractivity contribution in [3.8, 4) is 11.5 Å². The smallest absolute Gasteiger partial charge is 0.231 e. The third kappa shape index (κ3) is 2.93. The van der Waals surface area contributed by atoms with Gasteiger partial charge in [-0.25, -0.2) is 0 Å². The molecule has 1 saturated heterocycles. The number of nitrogens with zero attached hydrogens (tertiary/aromatic N) is 2. The van der Waals surface area contributed by atoms with Crippen LogP contribution in [0.1, 0.15) is 6.42 Å². The van der Waals surface area contributed by atoms with E-state index in [0.29, 0.717) is 36.4 Å². The highest BCUT2D eigenvalue weighted by atomic mass is 32.2. The second kappa shape index (κ2) is 6.35. The van der Waals surface area contributed by atoms with Crippen LogP contribution in [0.3, 0.4) is 0 Å². The fourth-order valence-corrected chi connectivity index (χ4v) is 3.68. The number of aliphatic imine (C=N–C) groups is 1. The molecule has 0 spiro atoms. The van der Waals surface area contributed by atoms with E-state index in [1.54, 1.807) is 17.0 Å². The summed E-state index contributed by atoms with van der Waals surface area (Å²) in [6.45, 7) is 2.11. The van der Waals surface area contributed by atoms with Gasteiger partial charge in [0.2, 0.25) is 11.8 Å². The van der Waals surface area contributed by atoms with Gasteiger partial charge in [-0.1, -0.05) is 11.8 Å². The van der Waals surface area contributed by atoms with Crippen molar-refractivity contribution in [2.75, 3.05) is 37.0 Å². The van der Waals surface area contributed by atoms with E-state index in [9.17, 15) is 9.59 Å². The van der Waals surface area contributed by atoms with Gasteiger partial charge < -0.3 is 19.7 Å². The Kier molecular flexibility index (Phi) is 4.05. The first kappa shape index (κ1) is 15.3. The molecule has 0 unspecified atom stereocenters. The third-order valence-electron chi connectivity index (χ3n) is 4.15. The first-order valence-electron chi connectivity index (χ1n) is 7.89. The van der Waals surface area contributed by atoms with Gasteiger partial charge in [0.25, 0.3) is 0 Å². The van der Waals surface area contributed by atoms with Crippen molar-refractivity contribution in [2.24, 2.45) is 10.9 Å². The SMILES string of the molecule is O=C(NC1=NCCS1)[C@@H]1CC(=O)N(c2ccc3c(c2)OCCO3)C1. The number of hydrogen-bond acceptors (Lipinski definition) is 6. The number of rotatable bonds is 2. The van der Waals surface area contributed by atoms with Gasteiger partial charge in [0.1, 0.15) is 13.2 Å². The van der Waals surface area contributed by atoms with Crippen molar-refractivity contribution >= 4 is 34.4 Å². The first-order chi connectivity index (χ1) is 11.7. The van der Waals surface area contributed by atoms with Gasteiger partial charge in [0.15, 0.2) is 16.7 Å². The summed E-state index contributed by atoms with van der Waals surface area (Å²) in [7, 11) is 0. The fraction of sp³-hybridized carbons (Fsp3) is 0.438. The van der Waals surface area contributed by atoms with Gasteiger partial charge in [-0.15, -0.1) is 0 Å². The molecule has 8 heteroatoms. The maximum absolute atomic E-state index is 12.3. The monoisotopic (exact) mass is 347 g/mol. The Morgan fingerprint density at radius 1 is 1.29 bits per heavy atom. The van der Waals surface area contributed by atoms with Crippen molar-refractivity contribution in [1.82, 2.24) is 5.32 Å². The van der Waals surface area contributed by atoms with Crippen LogP contribution in [0, 0.1) is 5.92 Å². The molecule has 1 aromatic carbocycles. The summed E-state index contributed by atoms with van der Waals surface area (Å²) in [5.74, 6) is 1.64. The van der Waals surface area contributed by atoms with E-state index in [0.717, 1.165) is 18.0 Å². The van der Waals surface area contributed by atoms with Crippen LogP contribution in [0.2, 0.25) is 0 Å². The van der Waals surface area contributed by atoms with Crippen LogP contribution in [-0.2, 0) is 9.59 Å². The number of ether oxygens (including phenoxy) is 2. The number of anilines is 1. The number of amidine groups is 1. The Labute approximate surface area is 143 Å². The minimum absolute atomic E-state index is 0.0622. The molecule has 1 aromatic rings. The molecule has 3 heterocycles. The van der Waals surface area contributed by atoms with Crippen LogP contribution in [0.4, 0.5) is 5.69 Å². The third-order valence-corrected chi connectivity index (χ3v) is 5.04. The molecule has 3 aliphatic rings. The predicted molar refractivity (Wildman–Crippen MR) is 90.8 cm³/mol. The fourth-order valence-electron chi connectivity index (χ4n) is 2.95. The Bertz CT molecular complexity index is 721. The molecule has 1 N–H and O–H groups in total. The Hall–Kier alpha value is -2.22. The summed E-state index contributed by atoms with van der Waals surface area (Å²) < 4.78 is 11.1. The predicted octanol–water partition coefficient (Wildman–Crippen LogP) is 1.03. The molecule has 0 aromatic heterocycles. The second-order valence-corrected chi connectivity index (χ2v) is 6.84. The number of nitrogens with one attached hydrogen (secondary N) is 1. The molecule has 1 fully saturated rings. The van der Waals surface area contributed by atoms with Gasteiger partial charge in [-0.3, -0.25) is 14.6 Å². The lowest BCUT2D eigenvalue weighted by Gasteiger charge is -2.22. The molecule has 4 rings (SSSR count). The lowest BCUT2D eigenvalue weighted by molar-refractivity contribution is -0.125. The molecule has 2 amide bonds. The van der Waals surface area contributed by atoms with Crippen molar-refractivity contribution < 1.29 is 19.1 Å². The molecule has 24 heavy (non-hydrogen) atoms. The zero-order chi connectivity index (χ0) is 16.5. The van der Waals surface area contributed by atoms with Crippen molar-refractivity contribution in [3.63, 3.8) is 0 Å². The van der Waals surface area contributed by atoms with E-state index in [1.165, 1.54) is 11.8 Å². The highest BCUT2D eigenvalue weighted by molar-refractivity contribution is 8.14.